The second-order valence-electron chi connectivity index (χ2n) is 11.8. The van der Waals surface area contributed by atoms with Gasteiger partial charge in [0.15, 0.2) is 11.3 Å². The van der Waals surface area contributed by atoms with E-state index in [9.17, 15) is 22.8 Å². The molecule has 6 rings (SSSR count). The molecular weight excluding hydrogens is 509 g/mol. The number of anilines is 1. The van der Waals surface area contributed by atoms with Crippen LogP contribution >= 0.6 is 0 Å². The lowest BCUT2D eigenvalue weighted by molar-refractivity contribution is -0.927. The molecule has 2 aromatic rings. The van der Waals surface area contributed by atoms with Crippen LogP contribution in [0.2, 0.25) is 0 Å². The normalized spacial score (nSPS) is 28.5. The average molecular weight is 542 g/mol. The van der Waals surface area contributed by atoms with Gasteiger partial charge in [-0.25, -0.2) is 0 Å². The fraction of sp³-hybridized carbons (Fsp3) is 0.467. The number of likely N-dealkylation sites (tertiary alicyclic amines) is 1. The first-order valence-electron chi connectivity index (χ1n) is 13.5. The van der Waals surface area contributed by atoms with E-state index in [1.54, 1.807) is 12.1 Å². The second kappa shape index (κ2) is 8.84. The Morgan fingerprint density at radius 1 is 1.10 bits per heavy atom. The zero-order valence-corrected chi connectivity index (χ0v) is 22.2. The van der Waals surface area contributed by atoms with Crippen molar-refractivity contribution in [3.05, 3.63) is 64.7 Å². The molecule has 2 fully saturated rings. The van der Waals surface area contributed by atoms with Crippen LogP contribution in [0.4, 0.5) is 18.9 Å². The van der Waals surface area contributed by atoms with Gasteiger partial charge in [0.05, 0.1) is 37.8 Å². The summed E-state index contributed by atoms with van der Waals surface area (Å²) in [6.07, 6.45) is -0.279. The van der Waals surface area contributed by atoms with Crippen LogP contribution in [0, 0.1) is 5.92 Å². The summed E-state index contributed by atoms with van der Waals surface area (Å²) in [5.74, 6) is -2.26. The number of carbonyl (C=O) groups excluding carboxylic acids is 2. The van der Waals surface area contributed by atoms with Gasteiger partial charge in [-0.2, -0.15) is 13.2 Å². The van der Waals surface area contributed by atoms with Crippen LogP contribution in [-0.4, -0.2) is 55.3 Å². The van der Waals surface area contributed by atoms with Gasteiger partial charge in [-0.05, 0) is 30.9 Å². The van der Waals surface area contributed by atoms with E-state index in [4.69, 9.17) is 9.47 Å². The number of alkyl halides is 3. The first kappa shape index (κ1) is 25.9. The smallest absolute Gasteiger partial charge is 0.425 e. The van der Waals surface area contributed by atoms with Crippen molar-refractivity contribution < 1.29 is 36.7 Å². The molecule has 2 bridgehead atoms. The molecule has 2 heterocycles. The van der Waals surface area contributed by atoms with E-state index in [2.05, 4.69) is 19.4 Å². The summed E-state index contributed by atoms with van der Waals surface area (Å²) >= 11 is 0. The Morgan fingerprint density at radius 2 is 1.85 bits per heavy atom. The van der Waals surface area contributed by atoms with Crippen LogP contribution in [0.3, 0.4) is 0 Å². The molecule has 2 aromatic carbocycles. The fourth-order valence-corrected chi connectivity index (χ4v) is 7.74. The lowest BCUT2D eigenvalue weighted by Gasteiger charge is -2.59. The maximum absolute atomic E-state index is 14.4. The number of amides is 1. The van der Waals surface area contributed by atoms with E-state index in [0.717, 1.165) is 61.2 Å². The largest absolute Gasteiger partial charge is 0.487 e. The van der Waals surface area contributed by atoms with Crippen molar-refractivity contribution in [3.63, 3.8) is 0 Å². The monoisotopic (exact) mass is 541 g/mol. The highest BCUT2D eigenvalue weighted by Gasteiger charge is 2.66. The molecule has 2 aliphatic heterocycles. The summed E-state index contributed by atoms with van der Waals surface area (Å²) in [5.41, 5.74) is 0.690. The lowest BCUT2D eigenvalue weighted by Crippen LogP contribution is -2.69. The summed E-state index contributed by atoms with van der Waals surface area (Å²) in [6.45, 7) is 2.00. The van der Waals surface area contributed by atoms with Crippen molar-refractivity contribution in [2.24, 2.45) is 5.92 Å². The molecule has 0 unspecified atom stereocenters. The van der Waals surface area contributed by atoms with Crippen molar-refractivity contribution in [2.45, 2.75) is 62.8 Å². The molecule has 0 radical (unpaired) electrons. The highest BCUT2D eigenvalue weighted by molar-refractivity contribution is 6.10. The number of quaternary nitrogens is 1. The van der Waals surface area contributed by atoms with Gasteiger partial charge in [0.25, 0.3) is 5.91 Å². The predicted octanol–water partition coefficient (Wildman–Crippen LogP) is 5.37. The SMILES string of the molecule is CC(=O)OC(=C(C(=O)Nc1ccc2c3c1O[C@H]1CCC[C@H]4[C@@H](C2)[N+](C)(C)CC[C@]314)C(F)(F)F)c1ccccc1. The van der Waals surface area contributed by atoms with Crippen LogP contribution < -0.4 is 10.1 Å². The van der Waals surface area contributed by atoms with Gasteiger partial charge in [0.2, 0.25) is 0 Å². The molecule has 6 nitrogen and oxygen atoms in total. The van der Waals surface area contributed by atoms with Gasteiger partial charge in [-0.3, -0.25) is 9.59 Å². The minimum atomic E-state index is -5.09. The molecule has 1 amide bonds. The number of benzene rings is 2. The number of hydrogen-bond acceptors (Lipinski definition) is 4. The van der Waals surface area contributed by atoms with Crippen molar-refractivity contribution in [1.29, 1.82) is 0 Å². The fourth-order valence-electron chi connectivity index (χ4n) is 7.74. The molecule has 2 aliphatic carbocycles. The first-order valence-corrected chi connectivity index (χ1v) is 13.5. The van der Waals surface area contributed by atoms with Gasteiger partial charge in [0, 0.05) is 36.8 Å². The third-order valence-electron chi connectivity index (χ3n) is 9.35. The van der Waals surface area contributed by atoms with E-state index >= 15 is 0 Å². The Hall–Kier alpha value is -3.33. The van der Waals surface area contributed by atoms with Crippen LogP contribution in [0.1, 0.15) is 49.3 Å². The topological polar surface area (TPSA) is 64.6 Å². The molecule has 4 aliphatic rings. The van der Waals surface area contributed by atoms with Crippen molar-refractivity contribution in [2.75, 3.05) is 26.0 Å². The van der Waals surface area contributed by atoms with E-state index in [1.807, 2.05) is 6.07 Å². The van der Waals surface area contributed by atoms with Crippen molar-refractivity contribution in [1.82, 2.24) is 0 Å². The molecule has 39 heavy (non-hydrogen) atoms. The minimum absolute atomic E-state index is 0.0249. The molecule has 1 saturated carbocycles. The molecular formula is C30H32F3N2O4+. The molecule has 1 spiro atoms. The minimum Gasteiger partial charge on any atom is -0.487 e. The summed E-state index contributed by atoms with van der Waals surface area (Å²) in [4.78, 5) is 25.2. The summed E-state index contributed by atoms with van der Waals surface area (Å²) in [6, 6.07) is 11.4. The molecule has 1 N–H and O–H groups in total. The van der Waals surface area contributed by atoms with Crippen LogP contribution in [0.15, 0.2) is 48.0 Å². The van der Waals surface area contributed by atoms with Gasteiger partial charge in [0.1, 0.15) is 11.9 Å². The van der Waals surface area contributed by atoms with Gasteiger partial charge in [-0.15, -0.1) is 0 Å². The molecule has 9 heteroatoms. The van der Waals surface area contributed by atoms with Crippen LogP contribution in [0.5, 0.6) is 5.75 Å². The maximum Gasteiger partial charge on any atom is 0.425 e. The third kappa shape index (κ3) is 3.96. The molecule has 4 atom stereocenters. The molecule has 0 aromatic heterocycles. The first-order chi connectivity index (χ1) is 18.4. The standard InChI is InChI=1S/C30H31F3N2O4/c1-17(36)38-26(18-8-5-4-6-9-18)25(30(31,32)33)28(37)34-21-13-12-19-16-22-20-10-7-11-23-29(20,14-15-35(22,2)3)24(19)27(21)39-23/h4-6,8-9,12-13,20,22-23H,7,10-11,14-16H2,1-3H3/p+1/t20-,22+,23-,29+/m0/s1. The summed E-state index contributed by atoms with van der Waals surface area (Å²) in [7, 11) is 4.58. The predicted molar refractivity (Wildman–Crippen MR) is 139 cm³/mol. The second-order valence-corrected chi connectivity index (χ2v) is 11.8. The number of piperidine rings is 1. The van der Waals surface area contributed by atoms with E-state index in [-0.39, 0.29) is 22.8 Å². The third-order valence-corrected chi connectivity index (χ3v) is 9.35. The molecule has 1 saturated heterocycles. The summed E-state index contributed by atoms with van der Waals surface area (Å²) < 4.78 is 55.7. The number of nitrogens with one attached hydrogen (secondary N) is 1. The highest BCUT2D eigenvalue weighted by Crippen LogP contribution is 2.64. The number of esters is 1. The van der Waals surface area contributed by atoms with Crippen LogP contribution in [-0.2, 0) is 26.2 Å². The zero-order chi connectivity index (χ0) is 27.7. The Kier molecular flexibility index (Phi) is 5.88. The number of nitrogens with zero attached hydrogens (tertiary/aromatic N) is 1. The number of ether oxygens (including phenoxy) is 2. The van der Waals surface area contributed by atoms with Gasteiger partial charge in [-0.1, -0.05) is 36.4 Å². The van der Waals surface area contributed by atoms with E-state index in [0.29, 0.717) is 17.7 Å². The Labute approximate surface area is 225 Å². The van der Waals surface area contributed by atoms with E-state index < -0.39 is 29.4 Å². The Morgan fingerprint density at radius 3 is 2.54 bits per heavy atom. The maximum atomic E-state index is 14.4. The lowest BCUT2D eigenvalue weighted by atomic mass is 9.51. The number of hydrogen-bond donors (Lipinski definition) is 1. The number of halogens is 3. The quantitative estimate of drug-likeness (QED) is 0.245. The van der Waals surface area contributed by atoms with Crippen molar-refractivity contribution >= 4 is 23.3 Å². The van der Waals surface area contributed by atoms with Gasteiger partial charge >= 0.3 is 12.1 Å². The zero-order valence-electron chi connectivity index (χ0n) is 22.2. The van der Waals surface area contributed by atoms with Crippen molar-refractivity contribution in [3.8, 4) is 5.75 Å². The van der Waals surface area contributed by atoms with E-state index in [1.165, 1.54) is 24.3 Å². The van der Waals surface area contributed by atoms with Gasteiger partial charge < -0.3 is 19.3 Å². The number of carbonyl (C=O) groups is 2. The van der Waals surface area contributed by atoms with Crippen LogP contribution in [0.25, 0.3) is 5.76 Å². The number of likely N-dealkylation sites (N-methyl/N-ethyl adjacent to an activating group) is 1. The Bertz CT molecular complexity index is 1380. The number of rotatable bonds is 4. The highest BCUT2D eigenvalue weighted by atomic mass is 19.4. The molecule has 206 valence electrons. The summed E-state index contributed by atoms with van der Waals surface area (Å²) in [5, 5.41) is 2.50. The Balaban J connectivity index is 1.44. The average Bonchev–Trinajstić information content (AvgIpc) is 3.21.